The number of hydrogen-bond acceptors (Lipinski definition) is 7. The van der Waals surface area contributed by atoms with Crippen molar-refractivity contribution in [3.05, 3.63) is 80.1 Å². The molecule has 1 heterocycles. The van der Waals surface area contributed by atoms with E-state index in [9.17, 15) is 14.9 Å². The van der Waals surface area contributed by atoms with Crippen LogP contribution >= 0.6 is 15.9 Å². The van der Waals surface area contributed by atoms with Crippen LogP contribution in [0.25, 0.3) is 0 Å². The van der Waals surface area contributed by atoms with Crippen molar-refractivity contribution in [2.45, 2.75) is 13.8 Å². The number of hydrogen-bond donors (Lipinski definition) is 2. The Morgan fingerprint density at radius 2 is 1.90 bits per heavy atom. The fourth-order valence-corrected chi connectivity index (χ4v) is 2.88. The van der Waals surface area contributed by atoms with Gasteiger partial charge in [0.1, 0.15) is 12.1 Å². The van der Waals surface area contributed by atoms with Crippen molar-refractivity contribution in [1.29, 1.82) is 0 Å². The molecule has 0 spiro atoms. The first kappa shape index (κ1) is 20.2. The lowest BCUT2D eigenvalue weighted by atomic mass is 10.1. The number of anilines is 1. The van der Waals surface area contributed by atoms with Crippen molar-refractivity contribution < 1.29 is 14.5 Å². The number of nitrogens with zero attached hydrogens (tertiary/aromatic N) is 3. The van der Waals surface area contributed by atoms with Gasteiger partial charge in [-0.05, 0) is 65.2 Å². The number of benzene rings is 2. The van der Waals surface area contributed by atoms with Gasteiger partial charge in [-0.2, -0.15) is 4.98 Å². The highest BCUT2D eigenvalue weighted by Gasteiger charge is 2.26. The molecule has 29 heavy (non-hydrogen) atoms. The van der Waals surface area contributed by atoms with Crippen LogP contribution in [0.5, 0.6) is 11.6 Å². The SMILES string of the molecule is Cc1ccc(Oc2ncnc(NNC(=O)c3ccccc3Br)c2[N+](=O)[O-])cc1C. The van der Waals surface area contributed by atoms with Crippen molar-refractivity contribution in [2.24, 2.45) is 0 Å². The Kier molecular flexibility index (Phi) is 6.03. The Morgan fingerprint density at radius 1 is 1.14 bits per heavy atom. The number of rotatable bonds is 6. The third-order valence-electron chi connectivity index (χ3n) is 4.08. The highest BCUT2D eigenvalue weighted by Crippen LogP contribution is 2.34. The van der Waals surface area contributed by atoms with E-state index in [1.54, 1.807) is 36.4 Å². The minimum atomic E-state index is -0.677. The first-order valence-corrected chi connectivity index (χ1v) is 9.21. The molecule has 2 N–H and O–H groups in total. The number of halogens is 1. The van der Waals surface area contributed by atoms with E-state index < -0.39 is 16.5 Å². The normalized spacial score (nSPS) is 10.3. The zero-order valence-electron chi connectivity index (χ0n) is 15.5. The molecular weight excluding hydrogens is 442 g/mol. The molecule has 2 aromatic carbocycles. The Morgan fingerprint density at radius 3 is 2.59 bits per heavy atom. The molecule has 0 atom stereocenters. The highest BCUT2D eigenvalue weighted by molar-refractivity contribution is 9.10. The van der Waals surface area contributed by atoms with E-state index in [0.717, 1.165) is 17.5 Å². The van der Waals surface area contributed by atoms with Gasteiger partial charge in [-0.3, -0.25) is 25.8 Å². The molecule has 148 valence electrons. The third-order valence-corrected chi connectivity index (χ3v) is 4.77. The number of hydrazine groups is 1. The van der Waals surface area contributed by atoms with Crippen molar-refractivity contribution in [3.63, 3.8) is 0 Å². The zero-order chi connectivity index (χ0) is 21.0. The van der Waals surface area contributed by atoms with Crippen LogP contribution in [-0.4, -0.2) is 20.8 Å². The van der Waals surface area contributed by atoms with Crippen molar-refractivity contribution in [1.82, 2.24) is 15.4 Å². The van der Waals surface area contributed by atoms with Gasteiger partial charge in [0.25, 0.3) is 5.91 Å². The molecule has 3 rings (SSSR count). The van der Waals surface area contributed by atoms with Crippen LogP contribution in [0.4, 0.5) is 11.5 Å². The molecule has 0 unspecified atom stereocenters. The predicted molar refractivity (Wildman–Crippen MR) is 110 cm³/mol. The van der Waals surface area contributed by atoms with E-state index in [-0.39, 0.29) is 11.7 Å². The Hall–Kier alpha value is -3.53. The Labute approximate surface area is 174 Å². The van der Waals surface area contributed by atoms with Gasteiger partial charge < -0.3 is 4.74 Å². The van der Waals surface area contributed by atoms with Crippen LogP contribution in [0.3, 0.4) is 0 Å². The molecule has 0 aliphatic heterocycles. The number of ether oxygens (including phenoxy) is 1. The summed E-state index contributed by atoms with van der Waals surface area (Å²) in [6.07, 6.45) is 1.11. The average Bonchev–Trinajstić information content (AvgIpc) is 2.69. The lowest BCUT2D eigenvalue weighted by molar-refractivity contribution is -0.385. The van der Waals surface area contributed by atoms with Gasteiger partial charge in [-0.1, -0.05) is 18.2 Å². The fraction of sp³-hybridized carbons (Fsp3) is 0.105. The van der Waals surface area contributed by atoms with Crippen LogP contribution in [-0.2, 0) is 0 Å². The molecule has 1 amide bonds. The van der Waals surface area contributed by atoms with E-state index in [2.05, 4.69) is 36.7 Å². The molecule has 9 nitrogen and oxygen atoms in total. The van der Waals surface area contributed by atoms with E-state index >= 15 is 0 Å². The summed E-state index contributed by atoms with van der Waals surface area (Å²) in [5.41, 5.74) is 6.74. The molecule has 0 fully saturated rings. The summed E-state index contributed by atoms with van der Waals surface area (Å²) in [5.74, 6) is -0.546. The van der Waals surface area contributed by atoms with Crippen LogP contribution < -0.4 is 15.6 Å². The minimum Gasteiger partial charge on any atom is -0.434 e. The van der Waals surface area contributed by atoms with E-state index in [1.165, 1.54) is 0 Å². The molecule has 0 aliphatic carbocycles. The Bertz CT molecular complexity index is 1090. The maximum Gasteiger partial charge on any atom is 0.374 e. The number of aryl methyl sites for hydroxylation is 2. The molecule has 1 aromatic heterocycles. The summed E-state index contributed by atoms with van der Waals surface area (Å²) in [5, 5.41) is 11.6. The number of aromatic nitrogens is 2. The molecule has 0 radical (unpaired) electrons. The second-order valence-corrected chi connectivity index (χ2v) is 6.89. The first-order valence-electron chi connectivity index (χ1n) is 8.42. The highest BCUT2D eigenvalue weighted by atomic mass is 79.9. The third kappa shape index (κ3) is 4.66. The number of nitrogens with one attached hydrogen (secondary N) is 2. The lowest BCUT2D eigenvalue weighted by Crippen LogP contribution is -2.30. The molecule has 0 saturated heterocycles. The molecule has 10 heteroatoms. The fourth-order valence-electron chi connectivity index (χ4n) is 2.41. The van der Waals surface area contributed by atoms with Gasteiger partial charge in [0.05, 0.1) is 10.5 Å². The maximum absolute atomic E-state index is 12.3. The quantitative estimate of drug-likeness (QED) is 0.417. The van der Waals surface area contributed by atoms with E-state index in [0.29, 0.717) is 15.8 Å². The minimum absolute atomic E-state index is 0.204. The maximum atomic E-state index is 12.3. The van der Waals surface area contributed by atoms with E-state index in [4.69, 9.17) is 4.74 Å². The monoisotopic (exact) mass is 457 g/mol. The van der Waals surface area contributed by atoms with Gasteiger partial charge >= 0.3 is 11.6 Å². The van der Waals surface area contributed by atoms with Crippen LogP contribution in [0.1, 0.15) is 21.5 Å². The lowest BCUT2D eigenvalue weighted by Gasteiger charge is -2.11. The van der Waals surface area contributed by atoms with Crippen molar-refractivity contribution >= 4 is 33.3 Å². The van der Waals surface area contributed by atoms with Crippen LogP contribution in [0, 0.1) is 24.0 Å². The number of amides is 1. The van der Waals surface area contributed by atoms with E-state index in [1.807, 2.05) is 19.9 Å². The first-order chi connectivity index (χ1) is 13.9. The summed E-state index contributed by atoms with van der Waals surface area (Å²) >= 11 is 3.28. The number of nitro groups is 1. The second-order valence-electron chi connectivity index (χ2n) is 6.04. The predicted octanol–water partition coefficient (Wildman–Crippen LogP) is 4.31. The smallest absolute Gasteiger partial charge is 0.374 e. The van der Waals surface area contributed by atoms with Crippen molar-refractivity contribution in [2.75, 3.05) is 5.43 Å². The average molecular weight is 458 g/mol. The van der Waals surface area contributed by atoms with Crippen LogP contribution in [0.2, 0.25) is 0 Å². The molecule has 0 aliphatic rings. The van der Waals surface area contributed by atoms with Gasteiger partial charge in [0.15, 0.2) is 0 Å². The standard InChI is InChI=1S/C19H16BrN5O4/c1-11-7-8-13(9-12(11)2)29-19-16(25(27)28)17(21-10-22-19)23-24-18(26)14-5-3-4-6-15(14)20/h3-10H,1-2H3,(H,24,26)(H,21,22,23). The van der Waals surface area contributed by atoms with Gasteiger partial charge in [-0.15, -0.1) is 0 Å². The summed E-state index contributed by atoms with van der Waals surface area (Å²) < 4.78 is 6.18. The van der Waals surface area contributed by atoms with Crippen LogP contribution in [0.15, 0.2) is 53.3 Å². The van der Waals surface area contributed by atoms with Crippen molar-refractivity contribution in [3.8, 4) is 11.6 Å². The topological polar surface area (TPSA) is 119 Å². The molecule has 3 aromatic rings. The molecular formula is C19H16BrN5O4. The van der Waals surface area contributed by atoms with Gasteiger partial charge in [0, 0.05) is 4.47 Å². The summed E-state index contributed by atoms with van der Waals surface area (Å²) in [6, 6.07) is 12.1. The largest absolute Gasteiger partial charge is 0.434 e. The summed E-state index contributed by atoms with van der Waals surface area (Å²) in [6.45, 7) is 3.85. The number of carbonyl (C=O) groups is 1. The summed E-state index contributed by atoms with van der Waals surface area (Å²) in [7, 11) is 0. The van der Waals surface area contributed by atoms with Gasteiger partial charge in [0.2, 0.25) is 5.82 Å². The molecule has 0 saturated carbocycles. The summed E-state index contributed by atoms with van der Waals surface area (Å²) in [4.78, 5) is 31.0. The number of carbonyl (C=O) groups excluding carboxylic acids is 1. The zero-order valence-corrected chi connectivity index (χ0v) is 17.1. The molecule has 0 bridgehead atoms. The van der Waals surface area contributed by atoms with Gasteiger partial charge in [-0.25, -0.2) is 4.98 Å². The Balaban J connectivity index is 1.85. The second kappa shape index (κ2) is 8.65.